The van der Waals surface area contributed by atoms with Gasteiger partial charge in [-0.05, 0) is 58.3 Å². The van der Waals surface area contributed by atoms with Gasteiger partial charge in [0, 0.05) is 8.96 Å². The molecule has 0 atom stereocenters. The highest BCUT2D eigenvalue weighted by molar-refractivity contribution is 14.1. The first kappa shape index (κ1) is 17.7. The minimum Gasteiger partial charge on any atom is -0.493 e. The lowest BCUT2D eigenvalue weighted by molar-refractivity contribution is 0.0731. The van der Waals surface area contributed by atoms with E-state index < -0.39 is 5.97 Å². The second-order valence-electron chi connectivity index (χ2n) is 5.73. The lowest BCUT2D eigenvalue weighted by Crippen LogP contribution is -2.13. The van der Waals surface area contributed by atoms with Gasteiger partial charge in [0.1, 0.15) is 11.3 Å². The van der Waals surface area contributed by atoms with Crippen molar-refractivity contribution in [2.45, 2.75) is 0 Å². The molecule has 7 heteroatoms. The van der Waals surface area contributed by atoms with Crippen molar-refractivity contribution in [3.8, 4) is 28.7 Å². The van der Waals surface area contributed by atoms with Gasteiger partial charge in [0.2, 0.25) is 6.79 Å². The van der Waals surface area contributed by atoms with Gasteiger partial charge in [0.25, 0.3) is 0 Å². The Bertz CT molecular complexity index is 1050. The summed E-state index contributed by atoms with van der Waals surface area (Å²) in [5.41, 5.74) is 0.315. The van der Waals surface area contributed by atoms with Crippen LogP contribution in [0.2, 0.25) is 0 Å². The van der Waals surface area contributed by atoms with E-state index in [-0.39, 0.29) is 6.79 Å². The molecule has 4 rings (SSSR count). The topological polar surface area (TPSA) is 63.2 Å². The molecule has 0 N–H and O–H groups in total. The molecule has 0 spiro atoms. The van der Waals surface area contributed by atoms with Crippen LogP contribution in [0.1, 0.15) is 10.4 Å². The maximum absolute atomic E-state index is 12.9. The van der Waals surface area contributed by atoms with E-state index in [9.17, 15) is 4.79 Å². The Morgan fingerprint density at radius 1 is 1.00 bits per heavy atom. The maximum Gasteiger partial charge on any atom is 0.348 e. The molecule has 0 unspecified atom stereocenters. The van der Waals surface area contributed by atoms with Crippen LogP contribution in [0, 0.1) is 3.57 Å². The van der Waals surface area contributed by atoms with Crippen LogP contribution in [0.4, 0.5) is 0 Å². The Morgan fingerprint density at radius 3 is 2.52 bits per heavy atom. The molecule has 138 valence electrons. The molecule has 0 radical (unpaired) electrons. The fourth-order valence-corrected chi connectivity index (χ4v) is 3.62. The zero-order chi connectivity index (χ0) is 19.0. The second-order valence-corrected chi connectivity index (χ2v) is 6.89. The molecular formula is C20H15IO6. The lowest BCUT2D eigenvalue weighted by atomic mass is 10.1. The molecule has 0 aromatic heterocycles. The van der Waals surface area contributed by atoms with E-state index in [0.717, 1.165) is 10.8 Å². The normalized spacial score (nSPS) is 12.1. The van der Waals surface area contributed by atoms with Crippen LogP contribution in [-0.4, -0.2) is 27.0 Å². The van der Waals surface area contributed by atoms with E-state index in [4.69, 9.17) is 23.7 Å². The Labute approximate surface area is 169 Å². The van der Waals surface area contributed by atoms with Gasteiger partial charge in [-0.25, -0.2) is 4.79 Å². The summed E-state index contributed by atoms with van der Waals surface area (Å²) < 4.78 is 27.9. The Kier molecular flexibility index (Phi) is 4.69. The molecule has 3 aromatic carbocycles. The van der Waals surface area contributed by atoms with E-state index in [1.807, 2.05) is 24.3 Å². The van der Waals surface area contributed by atoms with Crippen molar-refractivity contribution < 1.29 is 28.5 Å². The SMILES string of the molecule is COc1ccc(I)c(C(=O)Oc2cccc3cc4c(cc23)OCO4)c1OC. The van der Waals surface area contributed by atoms with Crippen molar-refractivity contribution in [2.24, 2.45) is 0 Å². The molecule has 1 heterocycles. The van der Waals surface area contributed by atoms with Gasteiger partial charge in [-0.15, -0.1) is 0 Å². The minimum absolute atomic E-state index is 0.181. The smallest absolute Gasteiger partial charge is 0.348 e. The highest BCUT2D eigenvalue weighted by atomic mass is 127. The third-order valence-electron chi connectivity index (χ3n) is 4.24. The fraction of sp³-hybridized carbons (Fsp3) is 0.150. The van der Waals surface area contributed by atoms with Gasteiger partial charge in [-0.1, -0.05) is 12.1 Å². The molecule has 0 saturated carbocycles. The summed E-state index contributed by atoms with van der Waals surface area (Å²) in [4.78, 5) is 12.9. The van der Waals surface area contributed by atoms with Gasteiger partial charge in [0.05, 0.1) is 14.2 Å². The van der Waals surface area contributed by atoms with Gasteiger partial charge < -0.3 is 23.7 Å². The Balaban J connectivity index is 1.76. The number of carbonyl (C=O) groups is 1. The highest BCUT2D eigenvalue weighted by Crippen LogP contribution is 2.40. The summed E-state index contributed by atoms with van der Waals surface area (Å²) in [6.07, 6.45) is 0. The molecule has 0 amide bonds. The molecule has 1 aliphatic rings. The van der Waals surface area contributed by atoms with Crippen molar-refractivity contribution in [2.75, 3.05) is 21.0 Å². The summed E-state index contributed by atoms with van der Waals surface area (Å²) in [6, 6.07) is 12.7. The zero-order valence-corrected chi connectivity index (χ0v) is 16.7. The molecule has 27 heavy (non-hydrogen) atoms. The monoisotopic (exact) mass is 478 g/mol. The third-order valence-corrected chi connectivity index (χ3v) is 5.13. The number of carbonyl (C=O) groups excluding carboxylic acids is 1. The summed E-state index contributed by atoms with van der Waals surface area (Å²) in [7, 11) is 3.01. The number of fused-ring (bicyclic) bond motifs is 2. The Hall–Kier alpha value is -2.68. The minimum atomic E-state index is -0.527. The van der Waals surface area contributed by atoms with Crippen molar-refractivity contribution in [1.82, 2.24) is 0 Å². The number of halogens is 1. The predicted molar refractivity (Wildman–Crippen MR) is 107 cm³/mol. The summed E-state index contributed by atoms with van der Waals surface area (Å²) in [5, 5.41) is 1.64. The number of ether oxygens (including phenoxy) is 5. The zero-order valence-electron chi connectivity index (χ0n) is 14.6. The molecule has 0 aliphatic carbocycles. The summed E-state index contributed by atoms with van der Waals surface area (Å²) in [6.45, 7) is 0.181. The number of hydrogen-bond acceptors (Lipinski definition) is 6. The molecule has 6 nitrogen and oxygen atoms in total. The maximum atomic E-state index is 12.9. The van der Waals surface area contributed by atoms with Crippen LogP contribution in [0.15, 0.2) is 42.5 Å². The number of methoxy groups -OCH3 is 2. The standard InChI is InChI=1S/C20H15IO6/c1-23-15-7-6-13(21)18(19(15)24-2)20(22)27-14-5-3-4-11-8-16-17(9-12(11)14)26-10-25-16/h3-9H,10H2,1-2H3. The third kappa shape index (κ3) is 3.12. The van der Waals surface area contributed by atoms with Crippen LogP contribution in [-0.2, 0) is 0 Å². The highest BCUT2D eigenvalue weighted by Gasteiger charge is 2.23. The van der Waals surface area contributed by atoms with Gasteiger partial charge in [0.15, 0.2) is 23.0 Å². The van der Waals surface area contributed by atoms with E-state index in [0.29, 0.717) is 37.9 Å². The predicted octanol–water partition coefficient (Wildman–Crippen LogP) is 4.41. The van der Waals surface area contributed by atoms with Crippen LogP contribution in [0.25, 0.3) is 10.8 Å². The fourth-order valence-electron chi connectivity index (χ4n) is 2.97. The van der Waals surface area contributed by atoms with Crippen molar-refractivity contribution >= 4 is 39.3 Å². The first-order valence-corrected chi connectivity index (χ1v) is 9.15. The molecule has 1 aliphatic heterocycles. The van der Waals surface area contributed by atoms with Crippen molar-refractivity contribution in [3.63, 3.8) is 0 Å². The van der Waals surface area contributed by atoms with Crippen LogP contribution in [0.3, 0.4) is 0 Å². The van der Waals surface area contributed by atoms with Gasteiger partial charge in [-0.2, -0.15) is 0 Å². The van der Waals surface area contributed by atoms with Crippen LogP contribution in [0.5, 0.6) is 28.7 Å². The van der Waals surface area contributed by atoms with E-state index >= 15 is 0 Å². The van der Waals surface area contributed by atoms with E-state index in [1.54, 1.807) is 18.2 Å². The van der Waals surface area contributed by atoms with Crippen LogP contribution >= 0.6 is 22.6 Å². The quantitative estimate of drug-likeness (QED) is 0.315. The van der Waals surface area contributed by atoms with Crippen molar-refractivity contribution in [3.05, 3.63) is 51.6 Å². The van der Waals surface area contributed by atoms with E-state index in [2.05, 4.69) is 22.6 Å². The number of rotatable bonds is 4. The first-order valence-electron chi connectivity index (χ1n) is 8.07. The van der Waals surface area contributed by atoms with Gasteiger partial charge in [-0.3, -0.25) is 0 Å². The molecule has 0 fully saturated rings. The van der Waals surface area contributed by atoms with Crippen LogP contribution < -0.4 is 23.7 Å². The molecular weight excluding hydrogens is 463 g/mol. The summed E-state index contributed by atoms with van der Waals surface area (Å²) >= 11 is 2.07. The summed E-state index contributed by atoms with van der Waals surface area (Å²) in [5.74, 6) is 2.00. The first-order chi connectivity index (χ1) is 13.1. The largest absolute Gasteiger partial charge is 0.493 e. The average molecular weight is 478 g/mol. The van der Waals surface area contributed by atoms with Gasteiger partial charge >= 0.3 is 5.97 Å². The average Bonchev–Trinajstić information content (AvgIpc) is 3.13. The van der Waals surface area contributed by atoms with E-state index in [1.165, 1.54) is 14.2 Å². The number of esters is 1. The molecule has 0 saturated heterocycles. The number of hydrogen-bond donors (Lipinski definition) is 0. The molecule has 0 bridgehead atoms. The Morgan fingerprint density at radius 2 is 1.78 bits per heavy atom. The van der Waals surface area contributed by atoms with Crippen molar-refractivity contribution in [1.29, 1.82) is 0 Å². The molecule has 3 aromatic rings. The number of benzene rings is 3. The lowest BCUT2D eigenvalue weighted by Gasteiger charge is -2.14. The second kappa shape index (κ2) is 7.15.